The minimum atomic E-state index is 0.594. The zero-order valence-electron chi connectivity index (χ0n) is 10.7. The number of hydrogen-bond donors (Lipinski definition) is 1. The van der Waals surface area contributed by atoms with Crippen molar-refractivity contribution in [2.24, 2.45) is 5.73 Å². The predicted octanol–water partition coefficient (Wildman–Crippen LogP) is 3.13. The van der Waals surface area contributed by atoms with Gasteiger partial charge in [-0.1, -0.05) is 36.4 Å². The summed E-state index contributed by atoms with van der Waals surface area (Å²) in [7, 11) is 0. The van der Waals surface area contributed by atoms with Crippen molar-refractivity contribution in [2.45, 2.75) is 19.9 Å². The van der Waals surface area contributed by atoms with Gasteiger partial charge in [-0.25, -0.2) is 0 Å². The molecule has 0 unspecified atom stereocenters. The van der Waals surface area contributed by atoms with Gasteiger partial charge in [0, 0.05) is 6.54 Å². The molecule has 2 nitrogen and oxygen atoms in total. The number of hydrogen-bond acceptors (Lipinski definition) is 2. The van der Waals surface area contributed by atoms with Crippen LogP contribution in [0.4, 0.5) is 0 Å². The topological polar surface area (TPSA) is 35.2 Å². The quantitative estimate of drug-likeness (QED) is 0.872. The van der Waals surface area contributed by atoms with Crippen molar-refractivity contribution in [3.05, 3.63) is 65.2 Å². The Hall–Kier alpha value is -1.80. The van der Waals surface area contributed by atoms with Crippen LogP contribution in [0.2, 0.25) is 0 Å². The summed E-state index contributed by atoms with van der Waals surface area (Å²) in [5.74, 6) is 0.928. The van der Waals surface area contributed by atoms with E-state index in [-0.39, 0.29) is 0 Å². The summed E-state index contributed by atoms with van der Waals surface area (Å²) < 4.78 is 5.43. The normalized spacial score (nSPS) is 10.3. The van der Waals surface area contributed by atoms with Crippen molar-refractivity contribution in [1.82, 2.24) is 0 Å². The van der Waals surface area contributed by atoms with Crippen LogP contribution < -0.4 is 10.5 Å². The van der Waals surface area contributed by atoms with Crippen molar-refractivity contribution in [1.29, 1.82) is 0 Å². The summed E-state index contributed by atoms with van der Waals surface area (Å²) in [4.78, 5) is 0. The Bertz CT molecular complexity index is 491. The van der Waals surface area contributed by atoms with Gasteiger partial charge in [-0.15, -0.1) is 0 Å². The van der Waals surface area contributed by atoms with Crippen molar-refractivity contribution in [3.8, 4) is 5.75 Å². The maximum Gasteiger partial charge on any atom is 0.119 e. The first-order valence-electron chi connectivity index (χ1n) is 6.31. The van der Waals surface area contributed by atoms with Gasteiger partial charge in [0.25, 0.3) is 0 Å². The van der Waals surface area contributed by atoms with Crippen LogP contribution >= 0.6 is 0 Å². The molecule has 0 saturated heterocycles. The van der Waals surface area contributed by atoms with Gasteiger partial charge in [-0.2, -0.15) is 0 Å². The Kier molecular flexibility index (Phi) is 4.37. The maximum atomic E-state index is 5.65. The fourth-order valence-corrected chi connectivity index (χ4v) is 1.97. The molecule has 0 bridgehead atoms. The van der Waals surface area contributed by atoms with E-state index >= 15 is 0 Å². The van der Waals surface area contributed by atoms with Crippen molar-refractivity contribution >= 4 is 0 Å². The van der Waals surface area contributed by atoms with Gasteiger partial charge in [-0.05, 0) is 42.2 Å². The molecule has 0 aliphatic heterocycles. The van der Waals surface area contributed by atoms with Crippen LogP contribution in [0.15, 0.2) is 48.5 Å². The number of nitrogens with two attached hydrogens (primary N) is 1. The molecular weight excluding hydrogens is 222 g/mol. The molecule has 0 radical (unpaired) electrons. The summed E-state index contributed by atoms with van der Waals surface area (Å²) in [6.07, 6.45) is 0.931. The minimum absolute atomic E-state index is 0.594. The van der Waals surface area contributed by atoms with E-state index in [1.54, 1.807) is 0 Å². The second kappa shape index (κ2) is 6.22. The Labute approximate surface area is 108 Å². The Morgan fingerprint density at radius 3 is 2.33 bits per heavy atom. The first-order valence-corrected chi connectivity index (χ1v) is 6.31. The van der Waals surface area contributed by atoms with Gasteiger partial charge in [0.2, 0.25) is 0 Å². The van der Waals surface area contributed by atoms with Crippen LogP contribution in [0.5, 0.6) is 5.75 Å². The Morgan fingerprint density at radius 1 is 0.944 bits per heavy atom. The number of benzene rings is 2. The molecule has 0 saturated carbocycles. The largest absolute Gasteiger partial charge is 0.494 e. The molecule has 0 spiro atoms. The van der Waals surface area contributed by atoms with Gasteiger partial charge < -0.3 is 10.5 Å². The summed E-state index contributed by atoms with van der Waals surface area (Å²) in [5.41, 5.74) is 9.41. The molecule has 0 amide bonds. The van der Waals surface area contributed by atoms with Gasteiger partial charge in [0.15, 0.2) is 0 Å². The highest BCUT2D eigenvalue weighted by Crippen LogP contribution is 2.16. The van der Waals surface area contributed by atoms with Crippen LogP contribution in [0.25, 0.3) is 0 Å². The average Bonchev–Trinajstić information content (AvgIpc) is 2.42. The van der Waals surface area contributed by atoms with E-state index in [4.69, 9.17) is 10.5 Å². The van der Waals surface area contributed by atoms with Gasteiger partial charge in [0.1, 0.15) is 5.75 Å². The molecule has 0 aliphatic carbocycles. The first kappa shape index (κ1) is 12.7. The first-order chi connectivity index (χ1) is 8.81. The van der Waals surface area contributed by atoms with E-state index in [9.17, 15) is 0 Å². The summed E-state index contributed by atoms with van der Waals surface area (Å²) >= 11 is 0. The second-order valence-corrected chi connectivity index (χ2v) is 4.28. The zero-order chi connectivity index (χ0) is 12.8. The third kappa shape index (κ3) is 3.34. The van der Waals surface area contributed by atoms with Gasteiger partial charge in [-0.3, -0.25) is 0 Å². The molecule has 2 aromatic carbocycles. The summed E-state index contributed by atoms with van der Waals surface area (Å²) in [6, 6.07) is 16.7. The molecule has 2 aromatic rings. The van der Waals surface area contributed by atoms with E-state index in [0.717, 1.165) is 12.2 Å². The molecule has 18 heavy (non-hydrogen) atoms. The molecule has 2 N–H and O–H groups in total. The highest BCUT2D eigenvalue weighted by molar-refractivity contribution is 5.33. The molecule has 0 aromatic heterocycles. The highest BCUT2D eigenvalue weighted by atomic mass is 16.5. The Balaban J connectivity index is 2.08. The highest BCUT2D eigenvalue weighted by Gasteiger charge is 1.98. The lowest BCUT2D eigenvalue weighted by molar-refractivity contribution is 0.340. The lowest BCUT2D eigenvalue weighted by Gasteiger charge is -2.06. The molecule has 0 fully saturated rings. The van der Waals surface area contributed by atoms with Crippen molar-refractivity contribution in [3.63, 3.8) is 0 Å². The number of ether oxygens (including phenoxy) is 1. The molecule has 0 heterocycles. The monoisotopic (exact) mass is 241 g/mol. The second-order valence-electron chi connectivity index (χ2n) is 4.28. The van der Waals surface area contributed by atoms with E-state index in [2.05, 4.69) is 36.4 Å². The fourth-order valence-electron chi connectivity index (χ4n) is 1.97. The third-order valence-corrected chi connectivity index (χ3v) is 2.87. The van der Waals surface area contributed by atoms with E-state index < -0.39 is 0 Å². The van der Waals surface area contributed by atoms with Crippen LogP contribution in [0.1, 0.15) is 23.6 Å². The zero-order valence-corrected chi connectivity index (χ0v) is 10.7. The molecule has 2 rings (SSSR count). The molecule has 0 aliphatic rings. The third-order valence-electron chi connectivity index (χ3n) is 2.87. The standard InChI is InChI=1S/C16H19NO/c1-2-18-16-8-6-13(7-9-16)10-14-4-3-5-15(11-14)12-17/h3-9,11H,2,10,12,17H2,1H3. The van der Waals surface area contributed by atoms with Crippen LogP contribution in [-0.2, 0) is 13.0 Å². The van der Waals surface area contributed by atoms with Crippen molar-refractivity contribution in [2.75, 3.05) is 6.61 Å². The maximum absolute atomic E-state index is 5.65. The van der Waals surface area contributed by atoms with Crippen LogP contribution in [0, 0.1) is 0 Å². The molecule has 2 heteroatoms. The van der Waals surface area contributed by atoms with Gasteiger partial charge >= 0.3 is 0 Å². The summed E-state index contributed by atoms with van der Waals surface area (Å²) in [6.45, 7) is 3.29. The summed E-state index contributed by atoms with van der Waals surface area (Å²) in [5, 5.41) is 0. The molecular formula is C16H19NO. The van der Waals surface area contributed by atoms with Gasteiger partial charge in [0.05, 0.1) is 6.61 Å². The van der Waals surface area contributed by atoms with Crippen molar-refractivity contribution < 1.29 is 4.74 Å². The van der Waals surface area contributed by atoms with Crippen LogP contribution in [-0.4, -0.2) is 6.61 Å². The van der Waals surface area contributed by atoms with E-state index in [0.29, 0.717) is 13.2 Å². The minimum Gasteiger partial charge on any atom is -0.494 e. The van der Waals surface area contributed by atoms with E-state index in [1.165, 1.54) is 16.7 Å². The van der Waals surface area contributed by atoms with E-state index in [1.807, 2.05) is 19.1 Å². The lowest BCUT2D eigenvalue weighted by Crippen LogP contribution is -1.97. The molecule has 0 atom stereocenters. The lowest BCUT2D eigenvalue weighted by atomic mass is 10.0. The fraction of sp³-hybridized carbons (Fsp3) is 0.250. The molecule has 94 valence electrons. The smallest absolute Gasteiger partial charge is 0.119 e. The Morgan fingerprint density at radius 2 is 1.67 bits per heavy atom. The van der Waals surface area contributed by atoms with Crippen LogP contribution in [0.3, 0.4) is 0 Å². The average molecular weight is 241 g/mol. The SMILES string of the molecule is CCOc1ccc(Cc2cccc(CN)c2)cc1. The predicted molar refractivity (Wildman–Crippen MR) is 74.8 cm³/mol. The number of rotatable bonds is 5.